The van der Waals surface area contributed by atoms with E-state index < -0.39 is 5.97 Å². The average molecular weight is 333 g/mol. The van der Waals surface area contributed by atoms with Gasteiger partial charge in [-0.3, -0.25) is 0 Å². The molecule has 2 aromatic heterocycles. The molecule has 1 aromatic carbocycles. The molecule has 0 spiro atoms. The maximum atomic E-state index is 11.1. The number of benzene rings is 1. The topological polar surface area (TPSA) is 79.5 Å². The van der Waals surface area contributed by atoms with E-state index in [1.807, 2.05) is 0 Å². The lowest BCUT2D eigenvalue weighted by Gasteiger charge is -2.07. The minimum atomic E-state index is -0.986. The maximum Gasteiger partial charge on any atom is 0.336 e. The first-order valence-corrected chi connectivity index (χ1v) is 6.53. The number of anilines is 2. The van der Waals surface area contributed by atoms with E-state index in [0.29, 0.717) is 21.6 Å². The number of aromatic carboxylic acids is 1. The third-order valence-electron chi connectivity index (χ3n) is 2.73. The Kier molecular flexibility index (Phi) is 3.11. The zero-order valence-electron chi connectivity index (χ0n) is 10.1. The number of rotatable bonds is 3. The van der Waals surface area contributed by atoms with Gasteiger partial charge in [0.15, 0.2) is 5.65 Å². The van der Waals surface area contributed by atoms with Gasteiger partial charge >= 0.3 is 5.97 Å². The van der Waals surface area contributed by atoms with Crippen LogP contribution >= 0.6 is 15.9 Å². The fraction of sp³-hybridized carbons (Fsp3) is 0. The first-order valence-electron chi connectivity index (χ1n) is 5.74. The van der Waals surface area contributed by atoms with Crippen molar-refractivity contribution in [1.29, 1.82) is 0 Å². The fourth-order valence-electron chi connectivity index (χ4n) is 1.80. The van der Waals surface area contributed by atoms with Crippen molar-refractivity contribution in [3.05, 3.63) is 52.8 Å². The van der Waals surface area contributed by atoms with Crippen molar-refractivity contribution in [2.45, 2.75) is 0 Å². The molecule has 0 aliphatic carbocycles. The Morgan fingerprint density at radius 3 is 2.95 bits per heavy atom. The van der Waals surface area contributed by atoms with Gasteiger partial charge in [-0.25, -0.2) is 14.3 Å². The van der Waals surface area contributed by atoms with Crippen LogP contribution in [-0.4, -0.2) is 25.7 Å². The molecule has 3 aromatic rings. The minimum absolute atomic E-state index is 0.195. The predicted octanol–water partition coefficient (Wildman–Crippen LogP) is 2.93. The number of hydrogen-bond acceptors (Lipinski definition) is 4. The van der Waals surface area contributed by atoms with E-state index in [4.69, 9.17) is 5.11 Å². The number of carboxylic acid groups (broad SMARTS) is 1. The summed E-state index contributed by atoms with van der Waals surface area (Å²) in [6.07, 6.45) is 3.44. The molecule has 3 rings (SSSR count). The highest BCUT2D eigenvalue weighted by atomic mass is 79.9. The quantitative estimate of drug-likeness (QED) is 0.770. The largest absolute Gasteiger partial charge is 0.478 e. The van der Waals surface area contributed by atoms with Gasteiger partial charge < -0.3 is 10.4 Å². The van der Waals surface area contributed by atoms with Crippen LogP contribution in [0.1, 0.15) is 10.4 Å². The molecular weight excluding hydrogens is 324 g/mol. The monoisotopic (exact) mass is 332 g/mol. The van der Waals surface area contributed by atoms with Gasteiger partial charge in [0.25, 0.3) is 0 Å². The summed E-state index contributed by atoms with van der Waals surface area (Å²) in [7, 11) is 0. The van der Waals surface area contributed by atoms with E-state index in [1.165, 1.54) is 0 Å². The number of hydrogen-bond donors (Lipinski definition) is 2. The highest BCUT2D eigenvalue weighted by Gasteiger charge is 2.09. The summed E-state index contributed by atoms with van der Waals surface area (Å²) in [5, 5.41) is 16.2. The Hall–Kier alpha value is -2.41. The Labute approximate surface area is 122 Å². The fourth-order valence-corrected chi connectivity index (χ4v) is 2.21. The summed E-state index contributed by atoms with van der Waals surface area (Å²) in [6, 6.07) is 8.56. The second-order valence-electron chi connectivity index (χ2n) is 4.07. The van der Waals surface area contributed by atoms with Gasteiger partial charge in [-0.05, 0) is 40.2 Å². The molecule has 20 heavy (non-hydrogen) atoms. The van der Waals surface area contributed by atoms with Crippen LogP contribution < -0.4 is 5.32 Å². The lowest BCUT2D eigenvalue weighted by Crippen LogP contribution is -2.01. The Morgan fingerprint density at radius 1 is 1.30 bits per heavy atom. The van der Waals surface area contributed by atoms with E-state index >= 15 is 0 Å². The predicted molar refractivity (Wildman–Crippen MR) is 77.4 cm³/mol. The van der Waals surface area contributed by atoms with Gasteiger partial charge in [0.05, 0.1) is 11.8 Å². The lowest BCUT2D eigenvalue weighted by atomic mass is 10.2. The van der Waals surface area contributed by atoms with Crippen molar-refractivity contribution in [3.63, 3.8) is 0 Å². The van der Waals surface area contributed by atoms with Crippen LogP contribution in [0.3, 0.4) is 0 Å². The Balaban J connectivity index is 1.94. The summed E-state index contributed by atoms with van der Waals surface area (Å²) in [5.74, 6) is -0.364. The second kappa shape index (κ2) is 4.93. The molecule has 0 saturated heterocycles. The summed E-state index contributed by atoms with van der Waals surface area (Å²) >= 11 is 3.21. The van der Waals surface area contributed by atoms with Crippen molar-refractivity contribution in [3.8, 4) is 0 Å². The molecule has 6 nitrogen and oxygen atoms in total. The van der Waals surface area contributed by atoms with Crippen LogP contribution in [0.15, 0.2) is 47.2 Å². The maximum absolute atomic E-state index is 11.1. The zero-order valence-corrected chi connectivity index (χ0v) is 11.7. The molecule has 0 radical (unpaired) electrons. The van der Waals surface area contributed by atoms with Crippen LogP contribution in [0.2, 0.25) is 0 Å². The minimum Gasteiger partial charge on any atom is -0.478 e. The first-order chi connectivity index (χ1) is 9.63. The van der Waals surface area contributed by atoms with Gasteiger partial charge in [0, 0.05) is 22.4 Å². The van der Waals surface area contributed by atoms with Crippen LogP contribution in [0.25, 0.3) is 5.65 Å². The summed E-state index contributed by atoms with van der Waals surface area (Å²) in [4.78, 5) is 15.4. The van der Waals surface area contributed by atoms with Gasteiger partial charge in [-0.1, -0.05) is 0 Å². The molecule has 2 N–H and O–H groups in total. The number of halogens is 1. The van der Waals surface area contributed by atoms with E-state index in [-0.39, 0.29) is 5.56 Å². The molecule has 0 bridgehead atoms. The number of carboxylic acids is 1. The normalized spacial score (nSPS) is 10.7. The van der Waals surface area contributed by atoms with Crippen molar-refractivity contribution >= 4 is 39.1 Å². The molecular formula is C13H9BrN4O2. The molecule has 0 saturated carbocycles. The molecule has 100 valence electrons. The van der Waals surface area contributed by atoms with Crippen LogP contribution in [0.5, 0.6) is 0 Å². The third kappa shape index (κ3) is 2.35. The van der Waals surface area contributed by atoms with Crippen molar-refractivity contribution in [2.75, 3.05) is 5.32 Å². The summed E-state index contributed by atoms with van der Waals surface area (Å²) < 4.78 is 2.19. The lowest BCUT2D eigenvalue weighted by molar-refractivity contribution is 0.0696. The van der Waals surface area contributed by atoms with Gasteiger partial charge in [0.1, 0.15) is 5.82 Å². The molecule has 0 aliphatic heterocycles. The summed E-state index contributed by atoms with van der Waals surface area (Å²) in [6.45, 7) is 0. The van der Waals surface area contributed by atoms with Crippen molar-refractivity contribution < 1.29 is 9.90 Å². The summed E-state index contributed by atoms with van der Waals surface area (Å²) in [5.41, 5.74) is 1.56. The third-order valence-corrected chi connectivity index (χ3v) is 3.42. The van der Waals surface area contributed by atoms with E-state index in [2.05, 4.69) is 31.3 Å². The molecule has 0 aliphatic rings. The average Bonchev–Trinajstić information content (AvgIpc) is 2.88. The van der Waals surface area contributed by atoms with Crippen LogP contribution in [-0.2, 0) is 0 Å². The number of nitrogens with one attached hydrogen (secondary N) is 1. The first kappa shape index (κ1) is 12.6. The van der Waals surface area contributed by atoms with Crippen molar-refractivity contribution in [2.24, 2.45) is 0 Å². The molecule has 0 amide bonds. The molecule has 0 atom stereocenters. The van der Waals surface area contributed by atoms with Crippen molar-refractivity contribution in [1.82, 2.24) is 14.6 Å². The van der Waals surface area contributed by atoms with E-state index in [0.717, 1.165) is 0 Å². The van der Waals surface area contributed by atoms with Crippen LogP contribution in [0.4, 0.5) is 11.5 Å². The van der Waals surface area contributed by atoms with Gasteiger partial charge in [0.2, 0.25) is 0 Å². The Morgan fingerprint density at radius 2 is 2.15 bits per heavy atom. The molecule has 2 heterocycles. The number of fused-ring (bicyclic) bond motifs is 1. The van der Waals surface area contributed by atoms with Gasteiger partial charge in [-0.2, -0.15) is 5.10 Å². The zero-order chi connectivity index (χ0) is 14.1. The SMILES string of the molecule is O=C(O)c1cc(Nc2ccn3nccc3n2)ccc1Br. The highest BCUT2D eigenvalue weighted by molar-refractivity contribution is 9.10. The molecule has 0 fully saturated rings. The molecule has 0 unspecified atom stereocenters. The van der Waals surface area contributed by atoms with E-state index in [1.54, 1.807) is 47.2 Å². The van der Waals surface area contributed by atoms with Crippen LogP contribution in [0, 0.1) is 0 Å². The Bertz CT molecular complexity index is 800. The number of carbonyl (C=O) groups is 1. The highest BCUT2D eigenvalue weighted by Crippen LogP contribution is 2.23. The number of nitrogens with zero attached hydrogens (tertiary/aromatic N) is 3. The van der Waals surface area contributed by atoms with Gasteiger partial charge in [-0.15, -0.1) is 0 Å². The standard InChI is InChI=1S/C13H9BrN4O2/c14-10-2-1-8(7-9(10)13(19)20)16-11-4-6-18-12(17-11)3-5-15-18/h1-7H,(H,16,17)(H,19,20). The second-order valence-corrected chi connectivity index (χ2v) is 4.93. The number of aromatic nitrogens is 3. The molecule has 7 heteroatoms. The smallest absolute Gasteiger partial charge is 0.336 e. The van der Waals surface area contributed by atoms with E-state index in [9.17, 15) is 4.79 Å².